The van der Waals surface area contributed by atoms with Crippen LogP contribution in [-0.2, 0) is 16.1 Å². The molecule has 0 aliphatic carbocycles. The fraction of sp³-hybridized carbons (Fsp3) is 0.480. The number of likely N-dealkylation sites (tertiary alicyclic amines) is 1. The Morgan fingerprint density at radius 1 is 1.09 bits per heavy atom. The van der Waals surface area contributed by atoms with Gasteiger partial charge >= 0.3 is 6.03 Å². The van der Waals surface area contributed by atoms with Crippen LogP contribution in [0.3, 0.4) is 0 Å². The van der Waals surface area contributed by atoms with Crippen molar-refractivity contribution in [1.82, 2.24) is 10.2 Å². The number of nitrogens with one attached hydrogen (secondary N) is 2. The van der Waals surface area contributed by atoms with E-state index in [4.69, 9.17) is 9.47 Å². The fourth-order valence-electron chi connectivity index (χ4n) is 4.36. The second-order valence-electron chi connectivity index (χ2n) is 8.66. The molecule has 2 aliphatic heterocycles. The molecule has 0 unspecified atom stereocenters. The third-order valence-corrected chi connectivity index (χ3v) is 6.10. The number of anilines is 1. The van der Waals surface area contributed by atoms with Gasteiger partial charge in [0.25, 0.3) is 0 Å². The van der Waals surface area contributed by atoms with Gasteiger partial charge in [0.2, 0.25) is 0 Å². The minimum Gasteiger partial charge on any atom is -0.392 e. The van der Waals surface area contributed by atoms with Crippen LogP contribution in [-0.4, -0.2) is 59.5 Å². The van der Waals surface area contributed by atoms with Crippen LogP contribution >= 0.6 is 0 Å². The standard InChI is InChI=1S/C25H33N3O5/c1-2-26-25(31)27-20-9-7-19(8-10-20)24-32-22(15-28-12-11-21(30)14-28)13-23(33-24)18-5-3-17(16-29)4-6-18/h3-10,21-24,29-30H,2,11-16H2,1H3,(H2,26,27,31)/t21-,22+,23-,24-/m0/s1. The number of amides is 2. The molecule has 2 aromatic carbocycles. The Balaban J connectivity index is 1.49. The first-order valence-electron chi connectivity index (χ1n) is 11.6. The minimum atomic E-state index is -0.544. The fourth-order valence-corrected chi connectivity index (χ4v) is 4.36. The number of hydrogen-bond acceptors (Lipinski definition) is 6. The van der Waals surface area contributed by atoms with Gasteiger partial charge in [0.15, 0.2) is 6.29 Å². The lowest BCUT2D eigenvalue weighted by atomic mass is 9.99. The summed E-state index contributed by atoms with van der Waals surface area (Å²) < 4.78 is 12.7. The second-order valence-corrected chi connectivity index (χ2v) is 8.66. The van der Waals surface area contributed by atoms with Gasteiger partial charge in [0.1, 0.15) is 0 Å². The van der Waals surface area contributed by atoms with E-state index in [0.717, 1.165) is 36.2 Å². The first-order valence-corrected chi connectivity index (χ1v) is 11.6. The van der Waals surface area contributed by atoms with Crippen LogP contribution in [0, 0.1) is 0 Å². The van der Waals surface area contributed by atoms with Gasteiger partial charge in [-0.05, 0) is 36.6 Å². The summed E-state index contributed by atoms with van der Waals surface area (Å²) in [6.45, 7) is 4.70. The van der Waals surface area contributed by atoms with Crippen molar-refractivity contribution >= 4 is 11.7 Å². The molecule has 4 atom stereocenters. The lowest BCUT2D eigenvalue weighted by Crippen LogP contribution is -2.38. The van der Waals surface area contributed by atoms with E-state index < -0.39 is 6.29 Å². The van der Waals surface area contributed by atoms with Gasteiger partial charge in [-0.1, -0.05) is 36.4 Å². The first kappa shape index (κ1) is 23.7. The van der Waals surface area contributed by atoms with Crippen LogP contribution in [0.1, 0.15) is 48.8 Å². The maximum absolute atomic E-state index is 11.8. The highest BCUT2D eigenvalue weighted by molar-refractivity contribution is 5.89. The Morgan fingerprint density at radius 3 is 2.45 bits per heavy atom. The summed E-state index contributed by atoms with van der Waals surface area (Å²) in [5, 5.41) is 24.8. The Bertz CT molecular complexity index is 905. The average molecular weight is 456 g/mol. The van der Waals surface area contributed by atoms with E-state index in [1.165, 1.54) is 0 Å². The van der Waals surface area contributed by atoms with Gasteiger partial charge in [-0.3, -0.25) is 4.90 Å². The van der Waals surface area contributed by atoms with Crippen molar-refractivity contribution in [3.8, 4) is 0 Å². The van der Waals surface area contributed by atoms with Crippen molar-refractivity contribution in [1.29, 1.82) is 0 Å². The highest BCUT2D eigenvalue weighted by Crippen LogP contribution is 2.38. The molecule has 2 saturated heterocycles. The summed E-state index contributed by atoms with van der Waals surface area (Å²) >= 11 is 0. The molecular weight excluding hydrogens is 422 g/mol. The molecule has 2 heterocycles. The maximum Gasteiger partial charge on any atom is 0.319 e. The zero-order chi connectivity index (χ0) is 23.2. The smallest absolute Gasteiger partial charge is 0.319 e. The molecule has 33 heavy (non-hydrogen) atoms. The van der Waals surface area contributed by atoms with Gasteiger partial charge in [0.05, 0.1) is 24.9 Å². The summed E-state index contributed by atoms with van der Waals surface area (Å²) in [5.74, 6) is 0. The highest BCUT2D eigenvalue weighted by Gasteiger charge is 2.34. The number of benzene rings is 2. The molecule has 4 rings (SSSR count). The van der Waals surface area contributed by atoms with Crippen molar-refractivity contribution in [3.05, 3.63) is 65.2 Å². The van der Waals surface area contributed by atoms with Crippen LogP contribution in [0.15, 0.2) is 48.5 Å². The van der Waals surface area contributed by atoms with Gasteiger partial charge in [-0.2, -0.15) is 0 Å². The molecule has 0 spiro atoms. The zero-order valence-corrected chi connectivity index (χ0v) is 18.9. The number of aliphatic hydroxyl groups excluding tert-OH is 2. The first-order chi connectivity index (χ1) is 16.0. The quantitative estimate of drug-likeness (QED) is 0.512. The number of rotatable bonds is 7. The van der Waals surface area contributed by atoms with E-state index in [-0.39, 0.29) is 30.9 Å². The summed E-state index contributed by atoms with van der Waals surface area (Å²) in [4.78, 5) is 14.0. The predicted octanol–water partition coefficient (Wildman–Crippen LogP) is 2.93. The summed E-state index contributed by atoms with van der Waals surface area (Å²) in [7, 11) is 0. The number of carbonyl (C=O) groups excluding carboxylic acids is 1. The van der Waals surface area contributed by atoms with Crippen molar-refractivity contribution in [3.63, 3.8) is 0 Å². The minimum absolute atomic E-state index is 0.00805. The molecule has 0 saturated carbocycles. The lowest BCUT2D eigenvalue weighted by molar-refractivity contribution is -0.252. The molecule has 0 aromatic heterocycles. The van der Waals surface area contributed by atoms with E-state index in [1.807, 2.05) is 55.5 Å². The van der Waals surface area contributed by atoms with Crippen molar-refractivity contribution in [2.24, 2.45) is 0 Å². The SMILES string of the molecule is CCNC(=O)Nc1ccc([C@H]2O[C@@H](CN3CC[C@H](O)C3)C[C@@H](c3ccc(CO)cc3)O2)cc1. The van der Waals surface area contributed by atoms with E-state index in [0.29, 0.717) is 25.2 Å². The van der Waals surface area contributed by atoms with E-state index in [1.54, 1.807) is 0 Å². The van der Waals surface area contributed by atoms with Gasteiger partial charge in [0, 0.05) is 43.9 Å². The number of carbonyl (C=O) groups is 1. The molecule has 8 heteroatoms. The molecule has 2 aliphatic rings. The Hall–Kier alpha value is -2.49. The van der Waals surface area contributed by atoms with Crippen LogP contribution < -0.4 is 10.6 Å². The number of urea groups is 1. The van der Waals surface area contributed by atoms with Crippen molar-refractivity contribution in [2.45, 2.75) is 51.0 Å². The van der Waals surface area contributed by atoms with Crippen LogP contribution in [0.5, 0.6) is 0 Å². The monoisotopic (exact) mass is 455 g/mol. The normalized spacial score (nSPS) is 25.7. The maximum atomic E-state index is 11.8. The zero-order valence-electron chi connectivity index (χ0n) is 18.9. The summed E-state index contributed by atoms with van der Waals surface area (Å²) in [6.07, 6.45) is 0.480. The third-order valence-electron chi connectivity index (χ3n) is 6.10. The molecular formula is C25H33N3O5. The van der Waals surface area contributed by atoms with E-state index >= 15 is 0 Å². The van der Waals surface area contributed by atoms with Crippen LogP contribution in [0.4, 0.5) is 10.5 Å². The molecule has 2 fully saturated rings. The molecule has 0 bridgehead atoms. The van der Waals surface area contributed by atoms with Crippen molar-refractivity contribution < 1.29 is 24.5 Å². The molecule has 4 N–H and O–H groups in total. The Labute approximate surface area is 194 Å². The van der Waals surface area contributed by atoms with Gasteiger partial charge in [-0.15, -0.1) is 0 Å². The molecule has 2 aromatic rings. The molecule has 8 nitrogen and oxygen atoms in total. The third kappa shape index (κ3) is 6.31. The Kier molecular flexibility index (Phi) is 7.95. The second kappa shape index (κ2) is 11.1. The number of nitrogens with zero attached hydrogens (tertiary/aromatic N) is 1. The number of β-amino-alcohol motifs (C(OH)–C–C–N with tert-alkyl or cyclic N) is 1. The Morgan fingerprint density at radius 2 is 1.82 bits per heavy atom. The number of aliphatic hydroxyl groups is 2. The largest absolute Gasteiger partial charge is 0.392 e. The van der Waals surface area contributed by atoms with Crippen LogP contribution in [0.25, 0.3) is 0 Å². The average Bonchev–Trinajstić information content (AvgIpc) is 3.24. The number of ether oxygens (including phenoxy) is 2. The van der Waals surface area contributed by atoms with E-state index in [9.17, 15) is 15.0 Å². The van der Waals surface area contributed by atoms with Gasteiger partial charge in [-0.25, -0.2) is 4.79 Å². The lowest BCUT2D eigenvalue weighted by Gasteiger charge is -2.37. The molecule has 178 valence electrons. The topological polar surface area (TPSA) is 103 Å². The number of hydrogen-bond donors (Lipinski definition) is 4. The van der Waals surface area contributed by atoms with Gasteiger partial charge < -0.3 is 30.3 Å². The van der Waals surface area contributed by atoms with E-state index in [2.05, 4.69) is 15.5 Å². The molecule has 0 radical (unpaired) electrons. The summed E-state index contributed by atoms with van der Waals surface area (Å²) in [5.41, 5.74) is 3.47. The summed E-state index contributed by atoms with van der Waals surface area (Å²) in [6, 6.07) is 15.1. The predicted molar refractivity (Wildman–Crippen MR) is 125 cm³/mol. The van der Waals surface area contributed by atoms with Crippen LogP contribution in [0.2, 0.25) is 0 Å². The highest BCUT2D eigenvalue weighted by atomic mass is 16.7. The molecule has 2 amide bonds. The van der Waals surface area contributed by atoms with Crippen molar-refractivity contribution in [2.75, 3.05) is 31.5 Å².